The molecule has 92 valence electrons. The van der Waals surface area contributed by atoms with Crippen LogP contribution in [0.25, 0.3) is 0 Å². The van der Waals surface area contributed by atoms with Crippen LogP contribution >= 0.6 is 0 Å². The van der Waals surface area contributed by atoms with E-state index in [1.54, 1.807) is 0 Å². The average Bonchev–Trinajstić information content (AvgIpc) is 2.27. The average molecular weight is 227 g/mol. The Balaban J connectivity index is 2.49. The van der Waals surface area contributed by atoms with Gasteiger partial charge in [-0.25, -0.2) is 0 Å². The zero-order valence-corrected chi connectivity index (χ0v) is 9.95. The van der Waals surface area contributed by atoms with Crippen molar-refractivity contribution in [1.82, 2.24) is 4.90 Å². The fourth-order valence-electron chi connectivity index (χ4n) is 2.28. The number of hydrogen-bond donors (Lipinski definition) is 1. The van der Waals surface area contributed by atoms with E-state index in [2.05, 4.69) is 0 Å². The molecule has 1 saturated heterocycles. The molecule has 16 heavy (non-hydrogen) atoms. The fourth-order valence-corrected chi connectivity index (χ4v) is 2.28. The third kappa shape index (κ3) is 3.83. The first-order valence-corrected chi connectivity index (χ1v) is 6.16. The van der Waals surface area contributed by atoms with Crippen molar-refractivity contribution in [2.75, 3.05) is 6.54 Å². The van der Waals surface area contributed by atoms with E-state index in [-0.39, 0.29) is 18.4 Å². The standard InChI is InChI=1S/C12H21NO3/c1-2-5-11(14)13-9-4-3-6-10(13)7-8-12(15)16/h10H,2-9H2,1H3,(H,15,16)/t10-/m0/s1. The van der Waals surface area contributed by atoms with Crippen LogP contribution in [-0.4, -0.2) is 34.5 Å². The van der Waals surface area contributed by atoms with E-state index in [0.29, 0.717) is 12.8 Å². The fraction of sp³-hybridized carbons (Fsp3) is 0.833. The molecule has 0 spiro atoms. The Morgan fingerprint density at radius 3 is 2.69 bits per heavy atom. The molecular formula is C12H21NO3. The number of carbonyl (C=O) groups is 2. The normalized spacial score (nSPS) is 20.8. The quantitative estimate of drug-likeness (QED) is 0.781. The summed E-state index contributed by atoms with van der Waals surface area (Å²) in [7, 11) is 0. The summed E-state index contributed by atoms with van der Waals surface area (Å²) >= 11 is 0. The molecule has 1 fully saturated rings. The monoisotopic (exact) mass is 227 g/mol. The SMILES string of the molecule is CCCC(=O)N1CCCC[C@H]1CCC(=O)O. The lowest BCUT2D eigenvalue weighted by Gasteiger charge is -2.35. The highest BCUT2D eigenvalue weighted by molar-refractivity contribution is 5.76. The first-order valence-electron chi connectivity index (χ1n) is 6.16. The minimum Gasteiger partial charge on any atom is -0.481 e. The van der Waals surface area contributed by atoms with Crippen molar-refractivity contribution in [3.63, 3.8) is 0 Å². The minimum atomic E-state index is -0.770. The number of likely N-dealkylation sites (tertiary alicyclic amines) is 1. The highest BCUT2D eigenvalue weighted by Gasteiger charge is 2.26. The van der Waals surface area contributed by atoms with Crippen LogP contribution < -0.4 is 0 Å². The van der Waals surface area contributed by atoms with Crippen LogP contribution in [0.3, 0.4) is 0 Å². The van der Waals surface area contributed by atoms with E-state index >= 15 is 0 Å². The number of aliphatic carboxylic acids is 1. The molecule has 4 heteroatoms. The Morgan fingerprint density at radius 1 is 1.31 bits per heavy atom. The lowest BCUT2D eigenvalue weighted by Crippen LogP contribution is -2.43. The van der Waals surface area contributed by atoms with Crippen LogP contribution in [0, 0.1) is 0 Å². The van der Waals surface area contributed by atoms with Gasteiger partial charge in [0.25, 0.3) is 0 Å². The molecule has 0 saturated carbocycles. The van der Waals surface area contributed by atoms with Crippen LogP contribution in [0.5, 0.6) is 0 Å². The summed E-state index contributed by atoms with van der Waals surface area (Å²) in [5.74, 6) is -0.578. The first-order chi connectivity index (χ1) is 7.65. The molecule has 1 aliphatic rings. The molecule has 4 nitrogen and oxygen atoms in total. The van der Waals surface area contributed by atoms with Gasteiger partial charge in [0.15, 0.2) is 0 Å². The van der Waals surface area contributed by atoms with E-state index < -0.39 is 5.97 Å². The number of hydrogen-bond acceptors (Lipinski definition) is 2. The summed E-state index contributed by atoms with van der Waals surface area (Å²) in [4.78, 5) is 24.3. The zero-order valence-electron chi connectivity index (χ0n) is 9.95. The van der Waals surface area contributed by atoms with Gasteiger partial charge in [0.1, 0.15) is 0 Å². The van der Waals surface area contributed by atoms with Gasteiger partial charge in [0, 0.05) is 25.4 Å². The second-order valence-corrected chi connectivity index (χ2v) is 4.42. The van der Waals surface area contributed by atoms with Crippen molar-refractivity contribution >= 4 is 11.9 Å². The molecule has 0 aliphatic carbocycles. The smallest absolute Gasteiger partial charge is 0.303 e. The molecule has 0 aromatic rings. The van der Waals surface area contributed by atoms with E-state index in [1.165, 1.54) is 0 Å². The molecule has 1 rings (SSSR count). The van der Waals surface area contributed by atoms with Crippen molar-refractivity contribution in [3.8, 4) is 0 Å². The number of piperidine rings is 1. The Hall–Kier alpha value is -1.06. The third-order valence-corrected chi connectivity index (χ3v) is 3.10. The van der Waals surface area contributed by atoms with Gasteiger partial charge in [-0.15, -0.1) is 0 Å². The maximum absolute atomic E-state index is 11.8. The molecule has 0 aromatic carbocycles. The van der Waals surface area contributed by atoms with Gasteiger partial charge in [-0.1, -0.05) is 6.92 Å². The Bertz CT molecular complexity index is 253. The molecule has 1 heterocycles. The van der Waals surface area contributed by atoms with Gasteiger partial charge in [-0.2, -0.15) is 0 Å². The predicted molar refractivity (Wildman–Crippen MR) is 61.1 cm³/mol. The third-order valence-electron chi connectivity index (χ3n) is 3.10. The van der Waals surface area contributed by atoms with Crippen LogP contribution in [0.15, 0.2) is 0 Å². The summed E-state index contributed by atoms with van der Waals surface area (Å²) in [6, 6.07) is 0.156. The molecule has 1 N–H and O–H groups in total. The largest absolute Gasteiger partial charge is 0.481 e. The molecule has 0 bridgehead atoms. The molecule has 0 unspecified atom stereocenters. The maximum atomic E-state index is 11.8. The van der Waals surface area contributed by atoms with Crippen molar-refractivity contribution in [3.05, 3.63) is 0 Å². The summed E-state index contributed by atoms with van der Waals surface area (Å²) in [6.45, 7) is 2.80. The number of nitrogens with zero attached hydrogens (tertiary/aromatic N) is 1. The molecular weight excluding hydrogens is 206 g/mol. The van der Waals surface area contributed by atoms with E-state index in [9.17, 15) is 9.59 Å². The van der Waals surface area contributed by atoms with Crippen LogP contribution in [0.2, 0.25) is 0 Å². The Morgan fingerprint density at radius 2 is 2.06 bits per heavy atom. The highest BCUT2D eigenvalue weighted by Crippen LogP contribution is 2.21. The minimum absolute atomic E-state index is 0.156. The number of carboxylic acids is 1. The van der Waals surface area contributed by atoms with Crippen LogP contribution in [0.1, 0.15) is 51.9 Å². The zero-order chi connectivity index (χ0) is 12.0. The summed E-state index contributed by atoms with van der Waals surface area (Å²) in [5.41, 5.74) is 0. The number of carbonyl (C=O) groups excluding carboxylic acids is 1. The molecule has 1 amide bonds. The van der Waals surface area contributed by atoms with Gasteiger partial charge >= 0.3 is 5.97 Å². The lowest BCUT2D eigenvalue weighted by molar-refractivity contribution is -0.140. The van der Waals surface area contributed by atoms with Crippen LogP contribution in [0.4, 0.5) is 0 Å². The van der Waals surface area contributed by atoms with Gasteiger partial charge < -0.3 is 10.0 Å². The van der Waals surface area contributed by atoms with E-state index in [1.807, 2.05) is 11.8 Å². The van der Waals surface area contributed by atoms with Gasteiger partial charge in [-0.3, -0.25) is 9.59 Å². The second kappa shape index (κ2) is 6.51. The highest BCUT2D eigenvalue weighted by atomic mass is 16.4. The number of amides is 1. The van der Waals surface area contributed by atoms with Crippen molar-refractivity contribution < 1.29 is 14.7 Å². The number of rotatable bonds is 5. The number of carboxylic acid groups (broad SMARTS) is 1. The molecule has 1 aliphatic heterocycles. The van der Waals surface area contributed by atoms with E-state index in [0.717, 1.165) is 32.2 Å². The van der Waals surface area contributed by atoms with Gasteiger partial charge in [0.2, 0.25) is 5.91 Å². The first kappa shape index (κ1) is 13.0. The summed E-state index contributed by atoms with van der Waals surface area (Å²) < 4.78 is 0. The molecule has 1 atom stereocenters. The van der Waals surface area contributed by atoms with Crippen molar-refractivity contribution in [2.45, 2.75) is 57.9 Å². The maximum Gasteiger partial charge on any atom is 0.303 e. The Kier molecular flexibility index (Phi) is 5.29. The van der Waals surface area contributed by atoms with Crippen molar-refractivity contribution in [1.29, 1.82) is 0 Å². The molecule has 0 aromatic heterocycles. The Labute approximate surface area is 96.6 Å². The molecule has 0 radical (unpaired) electrons. The topological polar surface area (TPSA) is 57.6 Å². The van der Waals surface area contributed by atoms with Gasteiger partial charge in [0.05, 0.1) is 0 Å². The van der Waals surface area contributed by atoms with Crippen molar-refractivity contribution in [2.24, 2.45) is 0 Å². The van der Waals surface area contributed by atoms with Gasteiger partial charge in [-0.05, 0) is 32.1 Å². The lowest BCUT2D eigenvalue weighted by atomic mass is 9.97. The summed E-state index contributed by atoms with van der Waals surface area (Å²) in [6.07, 6.45) is 5.35. The second-order valence-electron chi connectivity index (χ2n) is 4.42. The predicted octanol–water partition coefficient (Wildman–Crippen LogP) is 2.03. The van der Waals surface area contributed by atoms with E-state index in [4.69, 9.17) is 5.11 Å². The summed E-state index contributed by atoms with van der Waals surface area (Å²) in [5, 5.41) is 8.67. The van der Waals surface area contributed by atoms with Crippen LogP contribution in [-0.2, 0) is 9.59 Å².